The highest BCUT2D eigenvalue weighted by molar-refractivity contribution is 6.34. The van der Waals surface area contributed by atoms with Crippen LogP contribution in [0.1, 0.15) is 24.4 Å². The lowest BCUT2D eigenvalue weighted by Gasteiger charge is -2.13. The fourth-order valence-corrected chi connectivity index (χ4v) is 2.37. The zero-order chi connectivity index (χ0) is 11.7. The molecule has 0 amide bonds. The highest BCUT2D eigenvalue weighted by Gasteiger charge is 2.26. The lowest BCUT2D eigenvalue weighted by Crippen LogP contribution is -2.14. The summed E-state index contributed by atoms with van der Waals surface area (Å²) in [7, 11) is 0. The lowest BCUT2D eigenvalue weighted by molar-refractivity contribution is -0.383. The van der Waals surface area contributed by atoms with Gasteiger partial charge < -0.3 is 11.1 Å². The average Bonchev–Trinajstić information content (AvgIpc) is 2.70. The van der Waals surface area contributed by atoms with E-state index in [4.69, 9.17) is 17.3 Å². The molecule has 0 saturated carbocycles. The summed E-state index contributed by atoms with van der Waals surface area (Å²) >= 11 is 6.03. The molecule has 0 aromatic heterocycles. The van der Waals surface area contributed by atoms with Crippen LogP contribution in [-0.2, 0) is 0 Å². The smallest absolute Gasteiger partial charge is 0.310 e. The van der Waals surface area contributed by atoms with Crippen molar-refractivity contribution in [1.82, 2.24) is 5.32 Å². The van der Waals surface area contributed by atoms with Gasteiger partial charge in [0.2, 0.25) is 0 Å². The monoisotopic (exact) mass is 241 g/mol. The largest absolute Gasteiger partial charge is 0.393 e. The van der Waals surface area contributed by atoms with Crippen molar-refractivity contribution in [2.75, 3.05) is 12.3 Å². The molecule has 1 heterocycles. The summed E-state index contributed by atoms with van der Waals surface area (Å²) in [4.78, 5) is 10.3. The van der Waals surface area contributed by atoms with Gasteiger partial charge in [0.25, 0.3) is 0 Å². The van der Waals surface area contributed by atoms with E-state index in [0.29, 0.717) is 0 Å². The van der Waals surface area contributed by atoms with Gasteiger partial charge in [0, 0.05) is 6.04 Å². The normalized spacial score (nSPS) is 19.9. The molecule has 3 N–H and O–H groups in total. The predicted molar refractivity (Wildman–Crippen MR) is 62.5 cm³/mol. The number of hydrogen-bond donors (Lipinski definition) is 2. The standard InChI is InChI=1S/C10H12ClN3O2/c11-9-6(8-2-1-5-13-8)3-4-7(12)10(9)14(15)16/h3-4,8,13H,1-2,5,12H2/t8-/m0/s1. The summed E-state index contributed by atoms with van der Waals surface area (Å²) in [5.74, 6) is 0. The second kappa shape index (κ2) is 4.27. The molecule has 86 valence electrons. The maximum atomic E-state index is 10.8. The minimum Gasteiger partial charge on any atom is -0.393 e. The first kappa shape index (κ1) is 11.2. The summed E-state index contributed by atoms with van der Waals surface area (Å²) in [5.41, 5.74) is 6.23. The summed E-state index contributed by atoms with van der Waals surface area (Å²) in [6.45, 7) is 0.916. The molecule has 1 saturated heterocycles. The average molecular weight is 242 g/mol. The van der Waals surface area contributed by atoms with Gasteiger partial charge in [-0.2, -0.15) is 0 Å². The van der Waals surface area contributed by atoms with Gasteiger partial charge in [-0.3, -0.25) is 10.1 Å². The Morgan fingerprint density at radius 3 is 2.88 bits per heavy atom. The predicted octanol–water partition coefficient (Wildman–Crippen LogP) is 2.25. The van der Waals surface area contributed by atoms with Crippen molar-refractivity contribution < 1.29 is 4.92 Å². The van der Waals surface area contributed by atoms with E-state index in [9.17, 15) is 10.1 Å². The van der Waals surface area contributed by atoms with Crippen LogP contribution in [0.5, 0.6) is 0 Å². The van der Waals surface area contributed by atoms with E-state index < -0.39 is 4.92 Å². The molecular formula is C10H12ClN3O2. The Morgan fingerprint density at radius 2 is 2.31 bits per heavy atom. The molecule has 5 nitrogen and oxygen atoms in total. The SMILES string of the molecule is Nc1ccc([C@@H]2CCCN2)c(Cl)c1[N+](=O)[O-]. The van der Waals surface area contributed by atoms with Crippen molar-refractivity contribution in [3.05, 3.63) is 32.8 Å². The molecule has 0 radical (unpaired) electrons. The number of nitrogen functional groups attached to an aromatic ring is 1. The molecule has 1 aromatic rings. The van der Waals surface area contributed by atoms with Gasteiger partial charge >= 0.3 is 5.69 Å². The van der Waals surface area contributed by atoms with Gasteiger partial charge in [-0.05, 0) is 31.0 Å². The Labute approximate surface area is 97.7 Å². The third-order valence-corrected chi connectivity index (χ3v) is 3.19. The quantitative estimate of drug-likeness (QED) is 0.473. The van der Waals surface area contributed by atoms with Crippen LogP contribution in [0.2, 0.25) is 5.02 Å². The van der Waals surface area contributed by atoms with Gasteiger partial charge in [0.05, 0.1) is 4.92 Å². The number of nitro groups is 1. The summed E-state index contributed by atoms with van der Waals surface area (Å²) in [6, 6.07) is 3.40. The minimum atomic E-state index is -0.532. The van der Waals surface area contributed by atoms with Crippen molar-refractivity contribution in [2.24, 2.45) is 0 Å². The van der Waals surface area contributed by atoms with Crippen LogP contribution in [0, 0.1) is 10.1 Å². The van der Waals surface area contributed by atoms with Crippen molar-refractivity contribution in [3.63, 3.8) is 0 Å². The molecule has 1 aliphatic rings. The Bertz CT molecular complexity index is 430. The van der Waals surface area contributed by atoms with E-state index in [1.807, 2.05) is 0 Å². The first-order valence-electron chi connectivity index (χ1n) is 5.07. The van der Waals surface area contributed by atoms with Crippen LogP contribution in [-0.4, -0.2) is 11.5 Å². The molecule has 2 rings (SSSR count). The van der Waals surface area contributed by atoms with Gasteiger partial charge in [-0.25, -0.2) is 0 Å². The zero-order valence-corrected chi connectivity index (χ0v) is 9.33. The first-order valence-corrected chi connectivity index (χ1v) is 5.44. The van der Waals surface area contributed by atoms with Crippen LogP contribution in [0.15, 0.2) is 12.1 Å². The second-order valence-corrected chi connectivity index (χ2v) is 4.19. The highest BCUT2D eigenvalue weighted by atomic mass is 35.5. The molecule has 6 heteroatoms. The van der Waals surface area contributed by atoms with E-state index in [-0.39, 0.29) is 22.4 Å². The maximum Gasteiger partial charge on any atom is 0.310 e. The number of nitrogens with two attached hydrogens (primary N) is 1. The molecular weight excluding hydrogens is 230 g/mol. The number of rotatable bonds is 2. The minimum absolute atomic E-state index is 0.104. The van der Waals surface area contributed by atoms with E-state index >= 15 is 0 Å². The molecule has 0 spiro atoms. The maximum absolute atomic E-state index is 10.8. The van der Waals surface area contributed by atoms with Crippen LogP contribution in [0.3, 0.4) is 0 Å². The van der Waals surface area contributed by atoms with E-state index in [0.717, 1.165) is 24.9 Å². The molecule has 1 aromatic carbocycles. The van der Waals surface area contributed by atoms with Crippen molar-refractivity contribution in [1.29, 1.82) is 0 Å². The topological polar surface area (TPSA) is 81.2 Å². The van der Waals surface area contributed by atoms with Crippen LogP contribution < -0.4 is 11.1 Å². The molecule has 16 heavy (non-hydrogen) atoms. The van der Waals surface area contributed by atoms with Gasteiger partial charge in [-0.1, -0.05) is 17.7 Å². The summed E-state index contributed by atoms with van der Waals surface area (Å²) < 4.78 is 0. The lowest BCUT2D eigenvalue weighted by atomic mass is 10.0. The Hall–Kier alpha value is -1.33. The fourth-order valence-electron chi connectivity index (χ4n) is 2.00. The number of nitro benzene ring substituents is 1. The number of halogens is 1. The summed E-state index contributed by atoms with van der Waals surface area (Å²) in [5, 5.41) is 14.2. The molecule has 0 bridgehead atoms. The van der Waals surface area contributed by atoms with Crippen LogP contribution in [0.25, 0.3) is 0 Å². The molecule has 1 fully saturated rings. The molecule has 0 aliphatic carbocycles. The summed E-state index contributed by atoms with van der Waals surface area (Å²) in [6.07, 6.45) is 2.00. The number of nitrogens with zero attached hydrogens (tertiary/aromatic N) is 1. The van der Waals surface area contributed by atoms with Gasteiger partial charge in [0.15, 0.2) is 0 Å². The van der Waals surface area contributed by atoms with Crippen molar-refractivity contribution in [3.8, 4) is 0 Å². The molecule has 1 atom stereocenters. The number of hydrogen-bond acceptors (Lipinski definition) is 4. The first-order chi connectivity index (χ1) is 7.61. The Balaban J connectivity index is 2.47. The molecule has 0 unspecified atom stereocenters. The molecule has 1 aliphatic heterocycles. The number of benzene rings is 1. The van der Waals surface area contributed by atoms with E-state index in [1.54, 1.807) is 12.1 Å². The highest BCUT2D eigenvalue weighted by Crippen LogP contribution is 2.38. The van der Waals surface area contributed by atoms with Gasteiger partial charge in [-0.15, -0.1) is 0 Å². The van der Waals surface area contributed by atoms with Crippen molar-refractivity contribution >= 4 is 23.0 Å². The van der Waals surface area contributed by atoms with Crippen molar-refractivity contribution in [2.45, 2.75) is 18.9 Å². The Kier molecular flexibility index (Phi) is 2.98. The fraction of sp³-hybridized carbons (Fsp3) is 0.400. The van der Waals surface area contributed by atoms with Gasteiger partial charge in [0.1, 0.15) is 10.7 Å². The van der Waals surface area contributed by atoms with E-state index in [2.05, 4.69) is 5.32 Å². The van der Waals surface area contributed by atoms with E-state index in [1.165, 1.54) is 0 Å². The second-order valence-electron chi connectivity index (χ2n) is 3.81. The van der Waals surface area contributed by atoms with Crippen LogP contribution in [0.4, 0.5) is 11.4 Å². The van der Waals surface area contributed by atoms with Crippen LogP contribution >= 0.6 is 11.6 Å². The third kappa shape index (κ3) is 1.83. The third-order valence-electron chi connectivity index (χ3n) is 2.80. The number of nitrogens with one attached hydrogen (secondary N) is 1. The Morgan fingerprint density at radius 1 is 1.56 bits per heavy atom. The zero-order valence-electron chi connectivity index (χ0n) is 8.57. The number of anilines is 1.